The van der Waals surface area contributed by atoms with Gasteiger partial charge in [-0.05, 0) is 26.2 Å². The fourth-order valence-corrected chi connectivity index (χ4v) is 4.31. The fourth-order valence-electron chi connectivity index (χ4n) is 4.31. The van der Waals surface area contributed by atoms with Gasteiger partial charge in [-0.25, -0.2) is 14.4 Å². The van der Waals surface area contributed by atoms with Gasteiger partial charge in [-0.3, -0.25) is 9.78 Å². The molecule has 0 saturated carbocycles. The van der Waals surface area contributed by atoms with Crippen LogP contribution in [0.1, 0.15) is 27.9 Å². The summed E-state index contributed by atoms with van der Waals surface area (Å²) >= 11 is 0. The first-order valence-electron chi connectivity index (χ1n) is 12.9. The summed E-state index contributed by atoms with van der Waals surface area (Å²) in [6.45, 7) is 4.08. The van der Waals surface area contributed by atoms with Crippen LogP contribution in [0.3, 0.4) is 0 Å². The number of halogens is 1. The summed E-state index contributed by atoms with van der Waals surface area (Å²) in [6.07, 6.45) is 4.03. The van der Waals surface area contributed by atoms with Crippen LogP contribution in [0, 0.1) is 5.82 Å². The molecule has 1 aliphatic rings. The van der Waals surface area contributed by atoms with Crippen molar-refractivity contribution in [2.24, 2.45) is 0 Å². The van der Waals surface area contributed by atoms with E-state index >= 15 is 0 Å². The van der Waals surface area contributed by atoms with Crippen molar-refractivity contribution >= 4 is 16.9 Å². The molecule has 0 fully saturated rings. The zero-order valence-corrected chi connectivity index (χ0v) is 22.1. The van der Waals surface area contributed by atoms with E-state index < -0.39 is 11.7 Å². The zero-order valence-electron chi connectivity index (χ0n) is 22.1. The second kappa shape index (κ2) is 12.2. The highest BCUT2D eigenvalue weighted by Gasteiger charge is 2.18. The summed E-state index contributed by atoms with van der Waals surface area (Å²) < 4.78 is 32.9. The van der Waals surface area contributed by atoms with Gasteiger partial charge in [-0.1, -0.05) is 0 Å². The largest absolute Gasteiger partial charge is 0.486 e. The van der Waals surface area contributed by atoms with E-state index in [1.807, 2.05) is 12.1 Å². The maximum atomic E-state index is 13.7. The normalized spacial score (nSPS) is 12.8. The lowest BCUT2D eigenvalue weighted by Crippen LogP contribution is -2.24. The molecule has 2 N–H and O–H groups in total. The summed E-state index contributed by atoms with van der Waals surface area (Å²) in [5, 5.41) is 6.01. The topological polar surface area (TPSA) is 120 Å². The smallest absolute Gasteiger partial charge is 0.273 e. The van der Waals surface area contributed by atoms with Crippen molar-refractivity contribution in [1.82, 2.24) is 35.1 Å². The molecule has 0 saturated heterocycles. The number of carbonyl (C=O) groups is 1. The Labute approximate surface area is 225 Å². The Bertz CT molecular complexity index is 1440. The summed E-state index contributed by atoms with van der Waals surface area (Å²) in [5.41, 5.74) is 2.23. The van der Waals surface area contributed by atoms with E-state index in [0.29, 0.717) is 38.6 Å². The number of hydrogen-bond acceptors (Lipinski definition) is 9. The first-order valence-corrected chi connectivity index (χ1v) is 12.9. The lowest BCUT2D eigenvalue weighted by atomic mass is 10.2. The van der Waals surface area contributed by atoms with Crippen molar-refractivity contribution in [2.75, 3.05) is 46.9 Å². The number of ether oxygens (including phenoxy) is 2. The van der Waals surface area contributed by atoms with Gasteiger partial charge >= 0.3 is 0 Å². The number of amides is 1. The second-order valence-electron chi connectivity index (χ2n) is 9.46. The van der Waals surface area contributed by atoms with E-state index in [1.165, 1.54) is 24.6 Å². The van der Waals surface area contributed by atoms with E-state index in [2.05, 4.69) is 44.2 Å². The molecule has 206 valence electrons. The van der Waals surface area contributed by atoms with E-state index in [-0.39, 0.29) is 17.9 Å². The highest BCUT2D eigenvalue weighted by molar-refractivity contribution is 5.91. The van der Waals surface area contributed by atoms with E-state index in [0.717, 1.165) is 47.9 Å². The SMILES string of the molecule is CN(C)CCn1c(CCNCCc2nc(C(=O)NCc3ncccc3F)co2)nc2cc3c(cc21)OCCO3. The van der Waals surface area contributed by atoms with Gasteiger partial charge in [0.2, 0.25) is 0 Å². The maximum Gasteiger partial charge on any atom is 0.273 e. The van der Waals surface area contributed by atoms with Crippen LogP contribution < -0.4 is 20.1 Å². The molecular formula is C27H32FN7O4. The third-order valence-electron chi connectivity index (χ3n) is 6.34. The van der Waals surface area contributed by atoms with Gasteiger partial charge in [0.15, 0.2) is 23.1 Å². The van der Waals surface area contributed by atoms with Crippen molar-refractivity contribution in [3.8, 4) is 11.5 Å². The van der Waals surface area contributed by atoms with Crippen LogP contribution in [-0.4, -0.2) is 77.3 Å². The highest BCUT2D eigenvalue weighted by Crippen LogP contribution is 2.34. The van der Waals surface area contributed by atoms with Crippen LogP contribution in [0.25, 0.3) is 11.0 Å². The molecular weight excluding hydrogens is 505 g/mol. The van der Waals surface area contributed by atoms with Crippen molar-refractivity contribution in [3.05, 3.63) is 65.6 Å². The molecule has 0 atom stereocenters. The zero-order chi connectivity index (χ0) is 27.2. The average molecular weight is 538 g/mol. The number of rotatable bonds is 12. The maximum absolute atomic E-state index is 13.7. The highest BCUT2D eigenvalue weighted by atomic mass is 19.1. The quantitative estimate of drug-likeness (QED) is 0.262. The molecule has 11 nitrogen and oxygen atoms in total. The minimum Gasteiger partial charge on any atom is -0.486 e. The molecule has 4 aromatic rings. The van der Waals surface area contributed by atoms with Gasteiger partial charge in [0.1, 0.15) is 31.1 Å². The molecule has 0 radical (unpaired) electrons. The number of carbonyl (C=O) groups excluding carboxylic acids is 1. The van der Waals surface area contributed by atoms with E-state index in [4.69, 9.17) is 18.9 Å². The predicted octanol–water partition coefficient (Wildman–Crippen LogP) is 2.20. The molecule has 39 heavy (non-hydrogen) atoms. The van der Waals surface area contributed by atoms with Gasteiger partial charge in [0, 0.05) is 57.4 Å². The average Bonchev–Trinajstić information content (AvgIpc) is 3.54. The lowest BCUT2D eigenvalue weighted by Gasteiger charge is -2.18. The number of pyridine rings is 1. The molecule has 0 unspecified atom stereocenters. The van der Waals surface area contributed by atoms with Gasteiger partial charge in [0.25, 0.3) is 5.91 Å². The molecule has 0 bridgehead atoms. The number of oxazole rings is 1. The summed E-state index contributed by atoms with van der Waals surface area (Å²) in [7, 11) is 4.11. The number of nitrogens with one attached hydrogen (secondary N) is 2. The lowest BCUT2D eigenvalue weighted by molar-refractivity contribution is 0.0945. The predicted molar refractivity (Wildman–Crippen MR) is 141 cm³/mol. The number of nitrogens with zero attached hydrogens (tertiary/aromatic N) is 5. The second-order valence-corrected chi connectivity index (χ2v) is 9.46. The summed E-state index contributed by atoms with van der Waals surface area (Å²) in [6, 6.07) is 6.77. The van der Waals surface area contributed by atoms with Crippen molar-refractivity contribution < 1.29 is 23.1 Å². The molecule has 5 rings (SSSR count). The Kier molecular flexibility index (Phi) is 8.33. The van der Waals surface area contributed by atoms with Crippen molar-refractivity contribution in [2.45, 2.75) is 25.9 Å². The molecule has 1 aliphatic heterocycles. The van der Waals surface area contributed by atoms with Crippen LogP contribution in [0.2, 0.25) is 0 Å². The Hall–Kier alpha value is -4.03. The number of imidazole rings is 1. The standard InChI is InChI=1S/C27H32FN7O4/c1-34(2)10-11-35-22-15-24-23(37-12-13-38-24)14-19(22)32-25(35)5-8-29-9-6-26-33-21(17-39-26)27(36)31-16-20-18(28)4-3-7-30-20/h3-4,7,14-15,17,29H,5-6,8-13,16H2,1-2H3,(H,31,36). The summed E-state index contributed by atoms with van der Waals surface area (Å²) in [5.74, 6) is 2.00. The summed E-state index contributed by atoms with van der Waals surface area (Å²) in [4.78, 5) is 27.5. The van der Waals surface area contributed by atoms with Crippen LogP contribution in [-0.2, 0) is 25.9 Å². The van der Waals surface area contributed by atoms with Crippen LogP contribution >= 0.6 is 0 Å². The van der Waals surface area contributed by atoms with Gasteiger partial charge < -0.3 is 34.0 Å². The van der Waals surface area contributed by atoms with Gasteiger partial charge in [-0.2, -0.15) is 0 Å². The van der Waals surface area contributed by atoms with Gasteiger partial charge in [0.05, 0.1) is 23.3 Å². The third kappa shape index (κ3) is 6.52. The Morgan fingerprint density at radius 1 is 1.13 bits per heavy atom. The molecule has 1 amide bonds. The Morgan fingerprint density at radius 2 is 1.92 bits per heavy atom. The Balaban J connectivity index is 1.13. The first-order chi connectivity index (χ1) is 19.0. The number of fused-ring (bicyclic) bond motifs is 2. The number of likely N-dealkylation sites (N-methyl/N-ethyl adjacent to an activating group) is 1. The fraction of sp³-hybridized carbons (Fsp3) is 0.407. The molecule has 1 aromatic carbocycles. The number of benzene rings is 1. The van der Waals surface area contributed by atoms with Crippen molar-refractivity contribution in [3.63, 3.8) is 0 Å². The van der Waals surface area contributed by atoms with E-state index in [1.54, 1.807) is 0 Å². The molecule has 12 heteroatoms. The van der Waals surface area contributed by atoms with Crippen molar-refractivity contribution in [1.29, 1.82) is 0 Å². The van der Waals surface area contributed by atoms with Crippen LogP contribution in [0.5, 0.6) is 11.5 Å². The number of aromatic nitrogens is 4. The monoisotopic (exact) mass is 537 g/mol. The molecule has 3 aromatic heterocycles. The van der Waals surface area contributed by atoms with Gasteiger partial charge in [-0.15, -0.1) is 0 Å². The Morgan fingerprint density at radius 3 is 2.72 bits per heavy atom. The molecule has 0 spiro atoms. The van der Waals surface area contributed by atoms with E-state index in [9.17, 15) is 9.18 Å². The minimum atomic E-state index is -0.472. The molecule has 0 aliphatic carbocycles. The van der Waals surface area contributed by atoms with Crippen LogP contribution in [0.4, 0.5) is 4.39 Å². The third-order valence-corrected chi connectivity index (χ3v) is 6.34. The minimum absolute atomic E-state index is 0.0305. The van der Waals surface area contributed by atoms with Crippen LogP contribution in [0.15, 0.2) is 41.1 Å². The molecule has 4 heterocycles. The number of hydrogen-bond donors (Lipinski definition) is 2. The first kappa shape index (κ1) is 26.6.